The molecular weight excluding hydrogens is 416 g/mol. The zero-order valence-corrected chi connectivity index (χ0v) is 18.1. The molecule has 3 rings (SSSR count). The zero-order chi connectivity index (χ0) is 22.6. The molecule has 7 nitrogen and oxygen atoms in total. The molecule has 0 atom stereocenters. The van der Waals surface area contributed by atoms with Gasteiger partial charge in [0.15, 0.2) is 0 Å². The standard InChI is InChI=1S/C23H22N2O5S/c1-16-4-14-21(15-5-16)31(28,29)25(2)20-12-8-17(9-13-20)22(26)24-19-10-6-18(7-11-19)23(27)30-3/h4-15H,1-3H3,(H,24,26). The zero-order valence-electron chi connectivity index (χ0n) is 17.3. The molecule has 0 heterocycles. The van der Waals surface area contributed by atoms with Crippen molar-refractivity contribution in [1.29, 1.82) is 0 Å². The van der Waals surface area contributed by atoms with Crippen LogP contribution in [0, 0.1) is 6.92 Å². The third-order valence-electron chi connectivity index (χ3n) is 4.74. The minimum atomic E-state index is -3.71. The second kappa shape index (κ2) is 9.01. The Kier molecular flexibility index (Phi) is 6.41. The molecule has 0 bridgehead atoms. The maximum atomic E-state index is 12.8. The van der Waals surface area contributed by atoms with Crippen LogP contribution >= 0.6 is 0 Å². The molecule has 0 aliphatic rings. The van der Waals surface area contributed by atoms with E-state index in [1.54, 1.807) is 72.8 Å². The first-order chi connectivity index (χ1) is 14.7. The van der Waals surface area contributed by atoms with E-state index in [0.29, 0.717) is 22.5 Å². The molecule has 0 aliphatic carbocycles. The van der Waals surface area contributed by atoms with E-state index in [1.807, 2.05) is 6.92 Å². The van der Waals surface area contributed by atoms with Gasteiger partial charge in [0.05, 0.1) is 23.3 Å². The van der Waals surface area contributed by atoms with Crippen molar-refractivity contribution in [2.75, 3.05) is 23.8 Å². The van der Waals surface area contributed by atoms with Crippen molar-refractivity contribution >= 4 is 33.3 Å². The average molecular weight is 439 g/mol. The number of hydrogen-bond acceptors (Lipinski definition) is 5. The number of aryl methyl sites for hydroxylation is 1. The Morgan fingerprint density at radius 2 is 1.39 bits per heavy atom. The summed E-state index contributed by atoms with van der Waals surface area (Å²) in [4.78, 5) is 24.2. The number of carbonyl (C=O) groups excluding carboxylic acids is 2. The normalized spacial score (nSPS) is 10.9. The Bertz CT molecular complexity index is 1190. The van der Waals surface area contributed by atoms with Crippen LogP contribution in [0.4, 0.5) is 11.4 Å². The van der Waals surface area contributed by atoms with E-state index in [-0.39, 0.29) is 10.8 Å². The maximum Gasteiger partial charge on any atom is 0.337 e. The monoisotopic (exact) mass is 438 g/mol. The summed E-state index contributed by atoms with van der Waals surface area (Å²) >= 11 is 0. The lowest BCUT2D eigenvalue weighted by Gasteiger charge is -2.20. The Morgan fingerprint density at radius 3 is 1.94 bits per heavy atom. The molecule has 0 spiro atoms. The van der Waals surface area contributed by atoms with Crippen LogP contribution in [-0.4, -0.2) is 34.5 Å². The number of amides is 1. The molecule has 0 fully saturated rings. The smallest absolute Gasteiger partial charge is 0.337 e. The lowest BCUT2D eigenvalue weighted by atomic mass is 10.1. The molecule has 31 heavy (non-hydrogen) atoms. The van der Waals surface area contributed by atoms with Crippen molar-refractivity contribution in [2.24, 2.45) is 0 Å². The van der Waals surface area contributed by atoms with Gasteiger partial charge in [0.2, 0.25) is 0 Å². The second-order valence-corrected chi connectivity index (χ2v) is 8.82. The molecule has 3 aromatic carbocycles. The van der Waals surface area contributed by atoms with Gasteiger partial charge in [-0.2, -0.15) is 0 Å². The van der Waals surface area contributed by atoms with Crippen molar-refractivity contribution in [3.05, 3.63) is 89.5 Å². The van der Waals surface area contributed by atoms with Gasteiger partial charge in [0.1, 0.15) is 0 Å². The number of sulfonamides is 1. The van der Waals surface area contributed by atoms with Crippen molar-refractivity contribution in [3.8, 4) is 0 Å². The van der Waals surface area contributed by atoms with E-state index in [1.165, 1.54) is 18.5 Å². The molecule has 0 aliphatic heterocycles. The van der Waals surface area contributed by atoms with Crippen LogP contribution in [-0.2, 0) is 14.8 Å². The number of esters is 1. The molecule has 8 heteroatoms. The molecule has 0 saturated carbocycles. The minimum Gasteiger partial charge on any atom is -0.465 e. The van der Waals surface area contributed by atoms with Crippen molar-refractivity contribution < 1.29 is 22.7 Å². The van der Waals surface area contributed by atoms with Gasteiger partial charge < -0.3 is 10.1 Å². The maximum absolute atomic E-state index is 12.8. The first kappa shape index (κ1) is 22.0. The topological polar surface area (TPSA) is 92.8 Å². The highest BCUT2D eigenvalue weighted by Gasteiger charge is 2.21. The number of methoxy groups -OCH3 is 1. The van der Waals surface area contributed by atoms with E-state index < -0.39 is 16.0 Å². The molecule has 0 aromatic heterocycles. The highest BCUT2D eigenvalue weighted by Crippen LogP contribution is 2.23. The van der Waals surface area contributed by atoms with Crippen molar-refractivity contribution in [2.45, 2.75) is 11.8 Å². The van der Waals surface area contributed by atoms with Crippen LogP contribution < -0.4 is 9.62 Å². The molecule has 0 radical (unpaired) electrons. The SMILES string of the molecule is COC(=O)c1ccc(NC(=O)c2ccc(N(C)S(=O)(=O)c3ccc(C)cc3)cc2)cc1. The molecule has 160 valence electrons. The molecule has 1 N–H and O–H groups in total. The summed E-state index contributed by atoms with van der Waals surface area (Å²) in [6.07, 6.45) is 0. The van der Waals surface area contributed by atoms with E-state index in [4.69, 9.17) is 0 Å². The highest BCUT2D eigenvalue weighted by atomic mass is 32.2. The van der Waals surface area contributed by atoms with Crippen LogP contribution in [0.3, 0.4) is 0 Å². The summed E-state index contributed by atoms with van der Waals surface area (Å²) < 4.78 is 31.4. The van der Waals surface area contributed by atoms with Gasteiger partial charge in [0, 0.05) is 18.3 Å². The highest BCUT2D eigenvalue weighted by molar-refractivity contribution is 7.92. The van der Waals surface area contributed by atoms with Crippen molar-refractivity contribution in [1.82, 2.24) is 0 Å². The fourth-order valence-corrected chi connectivity index (χ4v) is 4.04. The fourth-order valence-electron chi connectivity index (χ4n) is 2.84. The summed E-state index contributed by atoms with van der Waals surface area (Å²) in [6, 6.07) is 19.2. The minimum absolute atomic E-state index is 0.192. The third kappa shape index (κ3) is 4.92. The van der Waals surface area contributed by atoms with Crippen LogP contribution in [0.5, 0.6) is 0 Å². The van der Waals surface area contributed by atoms with Gasteiger partial charge in [-0.25, -0.2) is 13.2 Å². The number of anilines is 2. The molecule has 0 saturated heterocycles. The fraction of sp³-hybridized carbons (Fsp3) is 0.130. The van der Waals surface area contributed by atoms with Gasteiger partial charge in [0.25, 0.3) is 15.9 Å². The molecule has 3 aromatic rings. The van der Waals surface area contributed by atoms with E-state index in [9.17, 15) is 18.0 Å². The van der Waals surface area contributed by atoms with Crippen LogP contribution in [0.15, 0.2) is 77.7 Å². The Morgan fingerprint density at radius 1 is 0.839 bits per heavy atom. The number of hydrogen-bond donors (Lipinski definition) is 1. The van der Waals surface area contributed by atoms with E-state index >= 15 is 0 Å². The average Bonchev–Trinajstić information content (AvgIpc) is 2.79. The number of nitrogens with one attached hydrogen (secondary N) is 1. The first-order valence-electron chi connectivity index (χ1n) is 9.38. The summed E-state index contributed by atoms with van der Waals surface area (Å²) in [5.41, 5.74) is 2.65. The Labute approximate surface area is 181 Å². The Balaban J connectivity index is 1.72. The Hall–Kier alpha value is -3.65. The van der Waals surface area contributed by atoms with Gasteiger partial charge in [-0.05, 0) is 67.6 Å². The molecule has 1 amide bonds. The lowest BCUT2D eigenvalue weighted by molar-refractivity contribution is 0.0600. The number of ether oxygens (including phenoxy) is 1. The van der Waals surface area contributed by atoms with Crippen LogP contribution in [0.25, 0.3) is 0 Å². The largest absolute Gasteiger partial charge is 0.465 e. The summed E-state index contributed by atoms with van der Waals surface area (Å²) in [7, 11) is -0.947. The van der Waals surface area contributed by atoms with Crippen molar-refractivity contribution in [3.63, 3.8) is 0 Å². The summed E-state index contributed by atoms with van der Waals surface area (Å²) in [5.74, 6) is -0.820. The lowest BCUT2D eigenvalue weighted by Crippen LogP contribution is -2.26. The third-order valence-corrected chi connectivity index (χ3v) is 6.54. The van der Waals surface area contributed by atoms with Gasteiger partial charge in [-0.15, -0.1) is 0 Å². The van der Waals surface area contributed by atoms with E-state index in [0.717, 1.165) is 5.56 Å². The predicted octanol–water partition coefficient (Wildman–Crippen LogP) is 3.86. The molecular formula is C23H22N2O5S. The summed E-state index contributed by atoms with van der Waals surface area (Å²) in [6.45, 7) is 1.89. The predicted molar refractivity (Wildman–Crippen MR) is 119 cm³/mol. The van der Waals surface area contributed by atoms with Gasteiger partial charge in [-0.1, -0.05) is 17.7 Å². The quantitative estimate of drug-likeness (QED) is 0.590. The number of nitrogens with zero attached hydrogens (tertiary/aromatic N) is 1. The van der Waals surface area contributed by atoms with Gasteiger partial charge in [-0.3, -0.25) is 9.10 Å². The number of carbonyl (C=O) groups is 2. The summed E-state index contributed by atoms with van der Waals surface area (Å²) in [5, 5.41) is 2.73. The van der Waals surface area contributed by atoms with E-state index in [2.05, 4.69) is 10.1 Å². The number of benzene rings is 3. The first-order valence-corrected chi connectivity index (χ1v) is 10.8. The van der Waals surface area contributed by atoms with Crippen LogP contribution in [0.1, 0.15) is 26.3 Å². The number of rotatable bonds is 6. The van der Waals surface area contributed by atoms with Gasteiger partial charge >= 0.3 is 5.97 Å². The molecule has 0 unspecified atom stereocenters. The second-order valence-electron chi connectivity index (χ2n) is 6.86. The van der Waals surface area contributed by atoms with Crippen LogP contribution in [0.2, 0.25) is 0 Å².